The number of carboxylic acids is 1. The van der Waals surface area contributed by atoms with E-state index in [1.807, 2.05) is 11.8 Å². The Morgan fingerprint density at radius 1 is 1.26 bits per heavy atom. The number of thioether (sulfide) groups is 1. The van der Waals surface area contributed by atoms with E-state index in [-0.39, 0.29) is 6.04 Å². The lowest BCUT2D eigenvalue weighted by Gasteiger charge is -2.28. The van der Waals surface area contributed by atoms with Crippen LogP contribution in [0.1, 0.15) is 32.6 Å². The van der Waals surface area contributed by atoms with Gasteiger partial charge in [0.05, 0.1) is 6.10 Å². The fraction of sp³-hybridized carbons (Fsp3) is 0.833. The Hall–Kier alpha value is -0.950. The number of amides is 2. The maximum absolute atomic E-state index is 11.7. The van der Waals surface area contributed by atoms with Gasteiger partial charge < -0.3 is 20.8 Å². The zero-order chi connectivity index (χ0) is 14.4. The van der Waals surface area contributed by atoms with Gasteiger partial charge in [-0.15, -0.1) is 0 Å². The van der Waals surface area contributed by atoms with Crippen LogP contribution in [0.25, 0.3) is 0 Å². The summed E-state index contributed by atoms with van der Waals surface area (Å²) >= 11 is 1.85. The second kappa shape index (κ2) is 7.59. The highest BCUT2D eigenvalue weighted by Gasteiger charge is 2.27. The highest BCUT2D eigenvalue weighted by atomic mass is 32.2. The normalized spacial score (nSPS) is 26.3. The summed E-state index contributed by atoms with van der Waals surface area (Å²) in [4.78, 5) is 22.5. The molecule has 1 aliphatic carbocycles. The molecule has 2 amide bonds. The molecule has 0 saturated heterocycles. The molecule has 0 radical (unpaired) electrons. The first-order chi connectivity index (χ1) is 8.93. The number of aliphatic carboxylic acids is 1. The topological polar surface area (TPSA) is 98.7 Å². The molecule has 0 aromatic carbocycles. The summed E-state index contributed by atoms with van der Waals surface area (Å²) in [6.45, 7) is 1.34. The van der Waals surface area contributed by atoms with Gasteiger partial charge in [0, 0.05) is 11.3 Å². The number of carbonyl (C=O) groups is 2. The van der Waals surface area contributed by atoms with Crippen molar-refractivity contribution in [3.8, 4) is 0 Å². The van der Waals surface area contributed by atoms with E-state index in [2.05, 4.69) is 16.9 Å². The van der Waals surface area contributed by atoms with E-state index in [9.17, 15) is 14.7 Å². The van der Waals surface area contributed by atoms with Crippen molar-refractivity contribution in [2.45, 2.75) is 56.0 Å². The number of carbonyl (C=O) groups excluding carboxylic acids is 1. The van der Waals surface area contributed by atoms with Gasteiger partial charge in [0.1, 0.15) is 0 Å². The number of hydrogen-bond donors (Lipinski definition) is 4. The summed E-state index contributed by atoms with van der Waals surface area (Å²) in [6.07, 6.45) is 4.90. The molecular formula is C12H22N2O4S. The Bertz CT molecular complexity index is 317. The third-order valence-electron chi connectivity index (χ3n) is 3.38. The van der Waals surface area contributed by atoms with E-state index in [1.165, 1.54) is 6.92 Å². The van der Waals surface area contributed by atoms with Crippen LogP contribution in [-0.4, -0.2) is 51.9 Å². The lowest BCUT2D eigenvalue weighted by molar-refractivity contribution is -0.141. The summed E-state index contributed by atoms with van der Waals surface area (Å²) in [5, 5.41) is 23.8. The molecule has 0 heterocycles. The van der Waals surface area contributed by atoms with Crippen molar-refractivity contribution < 1.29 is 19.8 Å². The molecule has 0 bridgehead atoms. The molecular weight excluding hydrogens is 268 g/mol. The number of carboxylic acid groups (broad SMARTS) is 1. The molecule has 1 saturated carbocycles. The predicted octanol–water partition coefficient (Wildman–Crippen LogP) is 0.794. The molecule has 0 aromatic rings. The van der Waals surface area contributed by atoms with Crippen LogP contribution in [0.3, 0.4) is 0 Å². The molecule has 0 spiro atoms. The Balaban J connectivity index is 2.37. The zero-order valence-electron chi connectivity index (χ0n) is 11.3. The number of aliphatic hydroxyl groups excluding tert-OH is 1. The van der Waals surface area contributed by atoms with Gasteiger partial charge in [-0.2, -0.15) is 11.8 Å². The number of nitrogens with one attached hydrogen (secondary N) is 2. The van der Waals surface area contributed by atoms with Gasteiger partial charge in [-0.3, -0.25) is 0 Å². The van der Waals surface area contributed by atoms with Gasteiger partial charge in [0.15, 0.2) is 6.04 Å². The van der Waals surface area contributed by atoms with Crippen molar-refractivity contribution >= 4 is 23.8 Å². The van der Waals surface area contributed by atoms with Gasteiger partial charge in [0.2, 0.25) is 0 Å². The zero-order valence-corrected chi connectivity index (χ0v) is 12.1. The second-order valence-electron chi connectivity index (χ2n) is 4.88. The van der Waals surface area contributed by atoms with Crippen LogP contribution < -0.4 is 10.6 Å². The molecule has 19 heavy (non-hydrogen) atoms. The Morgan fingerprint density at radius 3 is 2.26 bits per heavy atom. The maximum atomic E-state index is 11.7. The fourth-order valence-electron chi connectivity index (χ4n) is 2.20. The van der Waals surface area contributed by atoms with Crippen molar-refractivity contribution in [3.05, 3.63) is 0 Å². The second-order valence-corrected chi connectivity index (χ2v) is 6.02. The highest BCUT2D eigenvalue weighted by Crippen LogP contribution is 2.26. The summed E-state index contributed by atoms with van der Waals surface area (Å²) < 4.78 is 0. The molecule has 0 aromatic heterocycles. The van der Waals surface area contributed by atoms with Gasteiger partial charge in [0.25, 0.3) is 0 Å². The minimum Gasteiger partial charge on any atom is -0.480 e. The van der Waals surface area contributed by atoms with Crippen LogP contribution >= 0.6 is 11.8 Å². The third kappa shape index (κ3) is 5.28. The van der Waals surface area contributed by atoms with Gasteiger partial charge in [-0.25, -0.2) is 9.59 Å². The number of hydrogen-bond acceptors (Lipinski definition) is 4. The molecule has 2 unspecified atom stereocenters. The first-order valence-electron chi connectivity index (χ1n) is 6.44. The first kappa shape index (κ1) is 16.1. The van der Waals surface area contributed by atoms with Crippen LogP contribution in [-0.2, 0) is 4.79 Å². The lowest BCUT2D eigenvalue weighted by atomic mass is 9.95. The number of aliphatic hydroxyl groups is 1. The molecule has 110 valence electrons. The van der Waals surface area contributed by atoms with Crippen molar-refractivity contribution in [2.75, 3.05) is 6.26 Å². The van der Waals surface area contributed by atoms with Crippen LogP contribution in [0.2, 0.25) is 0 Å². The van der Waals surface area contributed by atoms with E-state index in [4.69, 9.17) is 5.11 Å². The van der Waals surface area contributed by atoms with E-state index in [0.717, 1.165) is 25.7 Å². The maximum Gasteiger partial charge on any atom is 0.328 e. The molecule has 1 fully saturated rings. The van der Waals surface area contributed by atoms with Crippen LogP contribution in [0.5, 0.6) is 0 Å². The summed E-state index contributed by atoms with van der Waals surface area (Å²) in [5.74, 6) is -1.24. The van der Waals surface area contributed by atoms with Crippen molar-refractivity contribution in [1.29, 1.82) is 0 Å². The molecule has 1 aliphatic rings. The van der Waals surface area contributed by atoms with Crippen LogP contribution in [0.4, 0.5) is 4.79 Å². The summed E-state index contributed by atoms with van der Waals surface area (Å²) in [6, 6.07) is -1.71. The largest absolute Gasteiger partial charge is 0.480 e. The van der Waals surface area contributed by atoms with E-state index in [0.29, 0.717) is 5.25 Å². The molecule has 0 aliphatic heterocycles. The smallest absolute Gasteiger partial charge is 0.328 e. The van der Waals surface area contributed by atoms with E-state index < -0.39 is 24.1 Å². The number of urea groups is 1. The minimum atomic E-state index is -1.28. The van der Waals surface area contributed by atoms with Crippen molar-refractivity contribution in [1.82, 2.24) is 10.6 Å². The average Bonchev–Trinajstić information content (AvgIpc) is 2.36. The quantitative estimate of drug-likeness (QED) is 0.600. The van der Waals surface area contributed by atoms with Crippen LogP contribution in [0.15, 0.2) is 0 Å². The van der Waals surface area contributed by atoms with E-state index in [1.54, 1.807) is 0 Å². The highest BCUT2D eigenvalue weighted by molar-refractivity contribution is 7.99. The third-order valence-corrected chi connectivity index (χ3v) is 4.52. The Labute approximate surface area is 117 Å². The average molecular weight is 290 g/mol. The standard InChI is InChI=1S/C12H22N2O4S/c1-7(15)10(11(16)17)14-12(18)13-8-3-5-9(19-2)6-4-8/h7-10,15H,3-6H2,1-2H3,(H,16,17)(H2,13,14,18). The van der Waals surface area contributed by atoms with Gasteiger partial charge >= 0.3 is 12.0 Å². The first-order valence-corrected chi connectivity index (χ1v) is 7.73. The monoisotopic (exact) mass is 290 g/mol. The Kier molecular flexibility index (Phi) is 6.44. The predicted molar refractivity (Wildman–Crippen MR) is 74.3 cm³/mol. The van der Waals surface area contributed by atoms with Crippen molar-refractivity contribution in [3.63, 3.8) is 0 Å². The molecule has 6 nitrogen and oxygen atoms in total. The minimum absolute atomic E-state index is 0.0897. The van der Waals surface area contributed by atoms with E-state index >= 15 is 0 Å². The van der Waals surface area contributed by atoms with Gasteiger partial charge in [-0.1, -0.05) is 0 Å². The molecule has 4 N–H and O–H groups in total. The summed E-state index contributed by atoms with van der Waals surface area (Å²) in [7, 11) is 0. The lowest BCUT2D eigenvalue weighted by Crippen LogP contribution is -2.53. The number of rotatable bonds is 5. The molecule has 1 rings (SSSR count). The molecule has 2 atom stereocenters. The van der Waals surface area contributed by atoms with Crippen LogP contribution in [0, 0.1) is 0 Å². The SMILES string of the molecule is CSC1CCC(NC(=O)NC(C(=O)O)C(C)O)CC1. The van der Waals surface area contributed by atoms with Gasteiger partial charge in [-0.05, 0) is 38.9 Å². The Morgan fingerprint density at radius 2 is 1.84 bits per heavy atom. The fourth-order valence-corrected chi connectivity index (χ4v) is 2.94. The summed E-state index contributed by atoms with van der Waals surface area (Å²) in [5.41, 5.74) is 0. The molecule has 7 heteroatoms. The van der Waals surface area contributed by atoms with Crippen molar-refractivity contribution in [2.24, 2.45) is 0 Å².